The number of rotatable bonds is 5. The van der Waals surface area contributed by atoms with Gasteiger partial charge in [0, 0.05) is 11.4 Å². The standard InChI is InChI=1S/C15H16FNOS/c1-17-10-11-9-12(16)7-8-14(11)19-15-6-4-3-5-13(15)18-2/h3-9,17H,10H2,1-2H3. The molecule has 0 radical (unpaired) electrons. The Bertz CT molecular complexity index is 560. The van der Waals surface area contributed by atoms with Crippen LogP contribution in [0.15, 0.2) is 52.3 Å². The van der Waals surface area contributed by atoms with Gasteiger partial charge >= 0.3 is 0 Å². The first-order valence-electron chi connectivity index (χ1n) is 5.98. The minimum Gasteiger partial charge on any atom is -0.496 e. The van der Waals surface area contributed by atoms with Crippen molar-refractivity contribution in [3.8, 4) is 5.75 Å². The van der Waals surface area contributed by atoms with Crippen LogP contribution in [-0.2, 0) is 6.54 Å². The molecule has 0 aliphatic heterocycles. The lowest BCUT2D eigenvalue weighted by molar-refractivity contribution is 0.405. The Morgan fingerprint density at radius 1 is 1.16 bits per heavy atom. The topological polar surface area (TPSA) is 21.3 Å². The van der Waals surface area contributed by atoms with E-state index in [9.17, 15) is 4.39 Å². The van der Waals surface area contributed by atoms with E-state index in [1.807, 2.05) is 31.3 Å². The van der Waals surface area contributed by atoms with Crippen LogP contribution in [0, 0.1) is 5.82 Å². The lowest BCUT2D eigenvalue weighted by Gasteiger charge is -2.11. The minimum atomic E-state index is -0.213. The SMILES string of the molecule is CNCc1cc(F)ccc1Sc1ccccc1OC. The van der Waals surface area contributed by atoms with E-state index in [0.29, 0.717) is 6.54 Å². The molecule has 0 unspecified atom stereocenters. The van der Waals surface area contributed by atoms with Crippen molar-refractivity contribution in [3.05, 3.63) is 53.8 Å². The first-order valence-corrected chi connectivity index (χ1v) is 6.80. The molecule has 0 saturated heterocycles. The van der Waals surface area contributed by atoms with Gasteiger partial charge in [-0.25, -0.2) is 4.39 Å². The van der Waals surface area contributed by atoms with Crippen LogP contribution in [0.3, 0.4) is 0 Å². The van der Waals surface area contributed by atoms with E-state index in [1.165, 1.54) is 6.07 Å². The second kappa shape index (κ2) is 6.59. The summed E-state index contributed by atoms with van der Waals surface area (Å²) < 4.78 is 18.6. The second-order valence-corrected chi connectivity index (χ2v) is 5.12. The zero-order chi connectivity index (χ0) is 13.7. The van der Waals surface area contributed by atoms with E-state index in [1.54, 1.807) is 31.0 Å². The summed E-state index contributed by atoms with van der Waals surface area (Å²) in [7, 11) is 3.50. The van der Waals surface area contributed by atoms with E-state index < -0.39 is 0 Å². The average molecular weight is 277 g/mol. The monoisotopic (exact) mass is 277 g/mol. The summed E-state index contributed by atoms with van der Waals surface area (Å²) in [4.78, 5) is 2.05. The highest BCUT2D eigenvalue weighted by atomic mass is 32.2. The predicted octanol–water partition coefficient (Wildman–Crippen LogP) is 3.70. The fraction of sp³-hybridized carbons (Fsp3) is 0.200. The molecule has 0 atom stereocenters. The van der Waals surface area contributed by atoms with Crippen molar-refractivity contribution in [1.29, 1.82) is 0 Å². The average Bonchev–Trinajstić information content (AvgIpc) is 2.43. The maximum absolute atomic E-state index is 13.3. The fourth-order valence-electron chi connectivity index (χ4n) is 1.80. The van der Waals surface area contributed by atoms with Gasteiger partial charge in [0.05, 0.1) is 12.0 Å². The van der Waals surface area contributed by atoms with Gasteiger partial charge in [0.25, 0.3) is 0 Å². The van der Waals surface area contributed by atoms with Crippen LogP contribution in [0.2, 0.25) is 0 Å². The smallest absolute Gasteiger partial charge is 0.132 e. The van der Waals surface area contributed by atoms with Crippen molar-refractivity contribution >= 4 is 11.8 Å². The second-order valence-electron chi connectivity index (χ2n) is 4.04. The van der Waals surface area contributed by atoms with Gasteiger partial charge in [-0.15, -0.1) is 0 Å². The molecule has 2 rings (SSSR count). The lowest BCUT2D eigenvalue weighted by atomic mass is 10.2. The maximum atomic E-state index is 13.3. The number of hydrogen-bond acceptors (Lipinski definition) is 3. The number of nitrogens with one attached hydrogen (secondary N) is 1. The van der Waals surface area contributed by atoms with Crippen LogP contribution in [0.4, 0.5) is 4.39 Å². The van der Waals surface area contributed by atoms with Crippen molar-refractivity contribution in [2.45, 2.75) is 16.3 Å². The van der Waals surface area contributed by atoms with Crippen LogP contribution in [-0.4, -0.2) is 14.2 Å². The molecule has 0 aromatic heterocycles. The van der Waals surface area contributed by atoms with Crippen molar-refractivity contribution < 1.29 is 9.13 Å². The van der Waals surface area contributed by atoms with Crippen LogP contribution in [0.1, 0.15) is 5.56 Å². The predicted molar refractivity (Wildman–Crippen MR) is 76.3 cm³/mol. The Labute approximate surface area is 117 Å². The summed E-state index contributed by atoms with van der Waals surface area (Å²) >= 11 is 1.58. The molecule has 1 N–H and O–H groups in total. The molecule has 0 bridgehead atoms. The van der Waals surface area contributed by atoms with Gasteiger partial charge in [-0.3, -0.25) is 0 Å². The molecule has 100 valence electrons. The quantitative estimate of drug-likeness (QED) is 0.900. The summed E-state index contributed by atoms with van der Waals surface area (Å²) in [6, 6.07) is 12.7. The van der Waals surface area contributed by atoms with E-state index in [-0.39, 0.29) is 5.82 Å². The molecule has 0 spiro atoms. The lowest BCUT2D eigenvalue weighted by Crippen LogP contribution is -2.06. The van der Waals surface area contributed by atoms with Gasteiger partial charge in [0.1, 0.15) is 11.6 Å². The van der Waals surface area contributed by atoms with Crippen LogP contribution in [0.5, 0.6) is 5.75 Å². The Kier molecular flexibility index (Phi) is 4.82. The van der Waals surface area contributed by atoms with Crippen molar-refractivity contribution in [2.75, 3.05) is 14.2 Å². The third-order valence-corrected chi connectivity index (χ3v) is 3.85. The number of halogens is 1. The molecule has 0 heterocycles. The molecular formula is C15H16FNOS. The number of para-hydroxylation sites is 1. The molecule has 2 aromatic carbocycles. The summed E-state index contributed by atoms with van der Waals surface area (Å²) in [6.07, 6.45) is 0. The van der Waals surface area contributed by atoms with Crippen LogP contribution in [0.25, 0.3) is 0 Å². The van der Waals surface area contributed by atoms with E-state index in [0.717, 1.165) is 21.1 Å². The summed E-state index contributed by atoms with van der Waals surface area (Å²) in [5, 5.41) is 3.05. The number of ether oxygens (including phenoxy) is 1. The number of hydrogen-bond donors (Lipinski definition) is 1. The van der Waals surface area contributed by atoms with Gasteiger partial charge in [-0.1, -0.05) is 23.9 Å². The molecule has 4 heteroatoms. The van der Waals surface area contributed by atoms with Crippen molar-refractivity contribution in [3.63, 3.8) is 0 Å². The first kappa shape index (κ1) is 13.9. The molecule has 19 heavy (non-hydrogen) atoms. The van der Waals surface area contributed by atoms with Gasteiger partial charge in [-0.05, 0) is 42.9 Å². The molecule has 0 aliphatic rings. The van der Waals surface area contributed by atoms with Gasteiger partial charge < -0.3 is 10.1 Å². The molecular weight excluding hydrogens is 261 g/mol. The van der Waals surface area contributed by atoms with E-state index in [2.05, 4.69) is 5.32 Å². The third-order valence-electron chi connectivity index (χ3n) is 2.68. The molecule has 0 aliphatic carbocycles. The number of methoxy groups -OCH3 is 1. The van der Waals surface area contributed by atoms with Gasteiger partial charge in [0.15, 0.2) is 0 Å². The molecule has 2 aromatic rings. The Morgan fingerprint density at radius 3 is 2.68 bits per heavy atom. The molecule has 2 nitrogen and oxygen atoms in total. The number of benzene rings is 2. The normalized spacial score (nSPS) is 10.5. The molecule has 0 saturated carbocycles. The highest BCUT2D eigenvalue weighted by Gasteiger charge is 2.08. The zero-order valence-corrected chi connectivity index (χ0v) is 11.8. The van der Waals surface area contributed by atoms with Gasteiger partial charge in [-0.2, -0.15) is 0 Å². The maximum Gasteiger partial charge on any atom is 0.132 e. The minimum absolute atomic E-state index is 0.213. The highest BCUT2D eigenvalue weighted by Crippen LogP contribution is 2.36. The Morgan fingerprint density at radius 2 is 1.95 bits per heavy atom. The highest BCUT2D eigenvalue weighted by molar-refractivity contribution is 7.99. The summed E-state index contributed by atoms with van der Waals surface area (Å²) in [5.74, 6) is 0.613. The van der Waals surface area contributed by atoms with Crippen molar-refractivity contribution in [1.82, 2.24) is 5.32 Å². The van der Waals surface area contributed by atoms with Crippen LogP contribution < -0.4 is 10.1 Å². The summed E-state index contributed by atoms with van der Waals surface area (Å²) in [5.41, 5.74) is 0.943. The van der Waals surface area contributed by atoms with Gasteiger partial charge in [0.2, 0.25) is 0 Å². The summed E-state index contributed by atoms with van der Waals surface area (Å²) in [6.45, 7) is 0.634. The third kappa shape index (κ3) is 3.49. The van der Waals surface area contributed by atoms with Crippen molar-refractivity contribution in [2.24, 2.45) is 0 Å². The fourth-order valence-corrected chi connectivity index (χ4v) is 2.83. The molecule has 0 fully saturated rings. The Hall–Kier alpha value is -1.52. The molecule has 0 amide bonds. The zero-order valence-electron chi connectivity index (χ0n) is 10.9. The largest absolute Gasteiger partial charge is 0.496 e. The Balaban J connectivity index is 2.32. The van der Waals surface area contributed by atoms with Crippen LogP contribution >= 0.6 is 11.8 Å². The van der Waals surface area contributed by atoms with E-state index >= 15 is 0 Å². The first-order chi connectivity index (χ1) is 9.24. The van der Waals surface area contributed by atoms with E-state index in [4.69, 9.17) is 4.74 Å².